The number of nitrogens with zero attached hydrogens (tertiary/aromatic N) is 2. The first-order valence-electron chi connectivity index (χ1n) is 6.15. The lowest BCUT2D eigenvalue weighted by atomic mass is 10.1. The highest BCUT2D eigenvalue weighted by Crippen LogP contribution is 2.18. The van der Waals surface area contributed by atoms with Crippen LogP contribution in [-0.2, 0) is 11.2 Å². The molecule has 0 saturated carbocycles. The fourth-order valence-corrected chi connectivity index (χ4v) is 1.85. The molecule has 0 radical (unpaired) electrons. The van der Waals surface area contributed by atoms with Crippen molar-refractivity contribution in [3.8, 4) is 5.88 Å². The van der Waals surface area contributed by atoms with Crippen LogP contribution in [-0.4, -0.2) is 29.3 Å². The third-order valence-corrected chi connectivity index (χ3v) is 2.70. The van der Waals surface area contributed by atoms with Crippen LogP contribution in [0.3, 0.4) is 0 Å². The molecule has 94 valence electrons. The first-order valence-corrected chi connectivity index (χ1v) is 6.15. The van der Waals surface area contributed by atoms with Gasteiger partial charge in [0.2, 0.25) is 5.88 Å². The summed E-state index contributed by atoms with van der Waals surface area (Å²) in [5.74, 6) is 1.83. The van der Waals surface area contributed by atoms with Gasteiger partial charge in [0.1, 0.15) is 17.7 Å². The topological polar surface area (TPSA) is 70.3 Å². The molecule has 0 unspecified atom stereocenters. The van der Waals surface area contributed by atoms with E-state index in [4.69, 9.17) is 15.2 Å². The smallest absolute Gasteiger partial charge is 0.218 e. The van der Waals surface area contributed by atoms with Crippen LogP contribution in [0.4, 0.5) is 5.82 Å². The van der Waals surface area contributed by atoms with Crippen molar-refractivity contribution in [2.45, 2.75) is 38.7 Å². The van der Waals surface area contributed by atoms with Gasteiger partial charge in [-0.3, -0.25) is 0 Å². The minimum absolute atomic E-state index is 0.188. The van der Waals surface area contributed by atoms with Crippen molar-refractivity contribution in [3.63, 3.8) is 0 Å². The van der Waals surface area contributed by atoms with E-state index < -0.39 is 0 Å². The molecular weight excluding hydrogens is 218 g/mol. The lowest BCUT2D eigenvalue weighted by molar-refractivity contribution is 0.0236. The maximum Gasteiger partial charge on any atom is 0.218 e. The van der Waals surface area contributed by atoms with E-state index in [1.165, 1.54) is 0 Å². The summed E-state index contributed by atoms with van der Waals surface area (Å²) in [6.45, 7) is 3.60. The Labute approximate surface area is 101 Å². The summed E-state index contributed by atoms with van der Waals surface area (Å²) >= 11 is 0. The van der Waals surface area contributed by atoms with Crippen LogP contribution >= 0.6 is 0 Å². The standard InChI is InChI=1S/C12H19N3O2/c1-2-3-11-14-10(13)8-12(15-11)17-9-4-6-16-7-5-9/h8-9H,2-7H2,1H3,(H2,13,14,15). The van der Waals surface area contributed by atoms with Gasteiger partial charge in [0, 0.05) is 25.3 Å². The van der Waals surface area contributed by atoms with Gasteiger partial charge in [-0.2, -0.15) is 4.98 Å². The minimum Gasteiger partial charge on any atom is -0.474 e. The number of aromatic nitrogens is 2. The number of hydrogen-bond donors (Lipinski definition) is 1. The second-order valence-corrected chi connectivity index (χ2v) is 4.23. The van der Waals surface area contributed by atoms with E-state index in [0.29, 0.717) is 11.7 Å². The molecule has 0 bridgehead atoms. The molecule has 1 aliphatic heterocycles. The number of ether oxygens (including phenoxy) is 2. The van der Waals surface area contributed by atoms with E-state index in [-0.39, 0.29) is 6.10 Å². The maximum absolute atomic E-state index is 5.81. The van der Waals surface area contributed by atoms with Gasteiger partial charge < -0.3 is 15.2 Å². The molecule has 0 spiro atoms. The van der Waals surface area contributed by atoms with E-state index in [9.17, 15) is 0 Å². The monoisotopic (exact) mass is 237 g/mol. The number of rotatable bonds is 4. The van der Waals surface area contributed by atoms with Gasteiger partial charge in [-0.05, 0) is 6.42 Å². The van der Waals surface area contributed by atoms with Crippen molar-refractivity contribution in [2.24, 2.45) is 0 Å². The highest BCUT2D eigenvalue weighted by molar-refractivity contribution is 5.33. The minimum atomic E-state index is 0.188. The Kier molecular flexibility index (Phi) is 4.14. The molecule has 2 rings (SSSR count). The van der Waals surface area contributed by atoms with Gasteiger partial charge in [0.15, 0.2) is 0 Å². The number of anilines is 1. The molecule has 0 amide bonds. The van der Waals surface area contributed by atoms with Crippen molar-refractivity contribution in [2.75, 3.05) is 18.9 Å². The SMILES string of the molecule is CCCc1nc(N)cc(OC2CCOCC2)n1. The first kappa shape index (κ1) is 12.1. The lowest BCUT2D eigenvalue weighted by Crippen LogP contribution is -2.26. The molecule has 5 nitrogen and oxygen atoms in total. The van der Waals surface area contributed by atoms with Crippen molar-refractivity contribution < 1.29 is 9.47 Å². The van der Waals surface area contributed by atoms with Crippen LogP contribution in [0.15, 0.2) is 6.07 Å². The molecule has 1 saturated heterocycles. The van der Waals surface area contributed by atoms with Crippen molar-refractivity contribution in [3.05, 3.63) is 11.9 Å². The molecule has 0 aliphatic carbocycles. The van der Waals surface area contributed by atoms with Gasteiger partial charge in [-0.15, -0.1) is 0 Å². The van der Waals surface area contributed by atoms with Gasteiger partial charge in [0.05, 0.1) is 13.2 Å². The van der Waals surface area contributed by atoms with Crippen LogP contribution in [0.2, 0.25) is 0 Å². The van der Waals surface area contributed by atoms with E-state index in [1.54, 1.807) is 6.07 Å². The van der Waals surface area contributed by atoms with Gasteiger partial charge in [0.25, 0.3) is 0 Å². The quantitative estimate of drug-likeness (QED) is 0.860. The van der Waals surface area contributed by atoms with Crippen LogP contribution in [0, 0.1) is 0 Å². The molecule has 1 fully saturated rings. The molecular formula is C12H19N3O2. The van der Waals surface area contributed by atoms with Crippen LogP contribution in [0.1, 0.15) is 32.0 Å². The molecule has 0 atom stereocenters. The molecule has 2 heterocycles. The predicted molar refractivity (Wildman–Crippen MR) is 64.9 cm³/mol. The highest BCUT2D eigenvalue weighted by atomic mass is 16.5. The highest BCUT2D eigenvalue weighted by Gasteiger charge is 2.16. The lowest BCUT2D eigenvalue weighted by Gasteiger charge is -2.22. The summed E-state index contributed by atoms with van der Waals surface area (Å²) in [4.78, 5) is 8.54. The normalized spacial score (nSPS) is 17.0. The summed E-state index contributed by atoms with van der Waals surface area (Å²) in [7, 11) is 0. The van der Waals surface area contributed by atoms with Crippen LogP contribution in [0.25, 0.3) is 0 Å². The fourth-order valence-electron chi connectivity index (χ4n) is 1.85. The molecule has 1 aliphatic rings. The van der Waals surface area contributed by atoms with E-state index in [0.717, 1.165) is 44.7 Å². The van der Waals surface area contributed by atoms with Crippen LogP contribution in [0.5, 0.6) is 5.88 Å². The van der Waals surface area contributed by atoms with Gasteiger partial charge >= 0.3 is 0 Å². The summed E-state index contributed by atoms with van der Waals surface area (Å²) in [5.41, 5.74) is 5.74. The zero-order valence-electron chi connectivity index (χ0n) is 10.2. The maximum atomic E-state index is 5.81. The number of hydrogen-bond acceptors (Lipinski definition) is 5. The molecule has 5 heteroatoms. The first-order chi connectivity index (χ1) is 8.28. The van der Waals surface area contributed by atoms with E-state index in [2.05, 4.69) is 16.9 Å². The zero-order chi connectivity index (χ0) is 12.1. The van der Waals surface area contributed by atoms with Crippen LogP contribution < -0.4 is 10.5 Å². The summed E-state index contributed by atoms with van der Waals surface area (Å²) in [6, 6.07) is 1.69. The molecule has 2 N–H and O–H groups in total. The Hall–Kier alpha value is -1.36. The van der Waals surface area contributed by atoms with Crippen molar-refractivity contribution in [1.29, 1.82) is 0 Å². The zero-order valence-corrected chi connectivity index (χ0v) is 10.2. The van der Waals surface area contributed by atoms with E-state index >= 15 is 0 Å². The third-order valence-electron chi connectivity index (χ3n) is 2.70. The Bertz CT molecular complexity index is 365. The fraction of sp³-hybridized carbons (Fsp3) is 0.667. The van der Waals surface area contributed by atoms with E-state index in [1.807, 2.05) is 0 Å². The van der Waals surface area contributed by atoms with Gasteiger partial charge in [-0.25, -0.2) is 4.98 Å². The molecule has 0 aromatic carbocycles. The average molecular weight is 237 g/mol. The summed E-state index contributed by atoms with van der Waals surface area (Å²) in [5, 5.41) is 0. The second kappa shape index (κ2) is 5.82. The van der Waals surface area contributed by atoms with Crippen molar-refractivity contribution >= 4 is 5.82 Å². The Morgan fingerprint density at radius 3 is 2.88 bits per heavy atom. The molecule has 17 heavy (non-hydrogen) atoms. The predicted octanol–water partition coefficient (Wildman–Crippen LogP) is 1.57. The van der Waals surface area contributed by atoms with Gasteiger partial charge in [-0.1, -0.05) is 6.92 Å². The Balaban J connectivity index is 2.03. The Morgan fingerprint density at radius 1 is 1.41 bits per heavy atom. The number of nitrogen functional groups attached to an aromatic ring is 1. The average Bonchev–Trinajstić information content (AvgIpc) is 2.30. The largest absolute Gasteiger partial charge is 0.474 e. The number of nitrogens with two attached hydrogens (primary N) is 1. The number of aryl methyl sites for hydroxylation is 1. The second-order valence-electron chi connectivity index (χ2n) is 4.23. The summed E-state index contributed by atoms with van der Waals surface area (Å²) < 4.78 is 11.1. The third kappa shape index (κ3) is 3.56. The van der Waals surface area contributed by atoms with Crippen molar-refractivity contribution in [1.82, 2.24) is 9.97 Å². The molecule has 1 aromatic rings. The Morgan fingerprint density at radius 2 is 2.18 bits per heavy atom. The summed E-state index contributed by atoms with van der Waals surface area (Å²) in [6.07, 6.45) is 3.84. The molecule has 1 aromatic heterocycles.